The Morgan fingerprint density at radius 3 is 1.83 bits per heavy atom. The monoisotopic (exact) mass is 876 g/mol. The molecular formula is C48H35N5Pt. The van der Waals surface area contributed by atoms with Crippen LogP contribution in [0.3, 0.4) is 0 Å². The molecule has 262 valence electrons. The van der Waals surface area contributed by atoms with Crippen molar-refractivity contribution in [3.05, 3.63) is 198 Å². The summed E-state index contributed by atoms with van der Waals surface area (Å²) < 4.78 is 4.35. The molecule has 54 heavy (non-hydrogen) atoms. The average molecular weight is 877 g/mol. The summed E-state index contributed by atoms with van der Waals surface area (Å²) in [4.78, 5) is 4.97. The number of para-hydroxylation sites is 2. The normalized spacial score (nSPS) is 12.2. The summed E-state index contributed by atoms with van der Waals surface area (Å²) in [5.74, 6) is 0.875. The summed E-state index contributed by atoms with van der Waals surface area (Å²) >= 11 is 0. The molecule has 4 aromatic heterocycles. The standard InChI is InChI=1S/C48H35N5.Pt/c1-47(2,3)34-26-27-49-45(30-34)53-43-21-13-11-19-39(43)40-25-23-36(29-44(40)53)48(32-14-6-4-7-15-32,33-16-8-5-9-17-33)35-22-24-37-38-18-10-12-20-42(38)52-31-50-51-46(52)41(37)28-35;/h4-27,30-31H,1-3H3;/q-2;+2. The summed E-state index contributed by atoms with van der Waals surface area (Å²) in [6.45, 7) is 6.73. The van der Waals surface area contributed by atoms with Gasteiger partial charge in [0.1, 0.15) is 12.1 Å². The Balaban J connectivity index is 0.00000384. The first kappa shape index (κ1) is 33.9. The van der Waals surface area contributed by atoms with Crippen molar-refractivity contribution in [1.82, 2.24) is 24.1 Å². The summed E-state index contributed by atoms with van der Waals surface area (Å²) in [6.07, 6.45) is 3.72. The Kier molecular flexibility index (Phi) is 8.10. The maximum Gasteiger partial charge on any atom is 2.00 e. The van der Waals surface area contributed by atoms with Crippen LogP contribution in [0.4, 0.5) is 0 Å². The Morgan fingerprint density at radius 1 is 0.556 bits per heavy atom. The van der Waals surface area contributed by atoms with Gasteiger partial charge in [0.15, 0.2) is 0 Å². The van der Waals surface area contributed by atoms with Gasteiger partial charge < -0.3 is 8.97 Å². The maximum atomic E-state index is 4.97. The number of pyridine rings is 2. The number of benzene rings is 6. The van der Waals surface area contributed by atoms with E-state index in [0.29, 0.717) is 0 Å². The zero-order valence-electron chi connectivity index (χ0n) is 30.1. The van der Waals surface area contributed by atoms with Gasteiger partial charge in [0.25, 0.3) is 0 Å². The first-order chi connectivity index (χ1) is 25.9. The average Bonchev–Trinajstić information content (AvgIpc) is 3.83. The van der Waals surface area contributed by atoms with Crippen LogP contribution in [0.2, 0.25) is 0 Å². The van der Waals surface area contributed by atoms with E-state index in [-0.39, 0.29) is 26.5 Å². The molecule has 0 spiro atoms. The minimum Gasteiger partial charge on any atom is -0.323 e. The molecule has 0 amide bonds. The van der Waals surface area contributed by atoms with Gasteiger partial charge in [0.2, 0.25) is 0 Å². The zero-order chi connectivity index (χ0) is 35.7. The topological polar surface area (TPSA) is 48.0 Å². The molecule has 0 atom stereocenters. The number of hydrogen-bond acceptors (Lipinski definition) is 3. The fraction of sp³-hybridized carbons (Fsp3) is 0.104. The number of nitrogens with zero attached hydrogens (tertiary/aromatic N) is 5. The second kappa shape index (κ2) is 12.9. The quantitative estimate of drug-likeness (QED) is 0.0983. The van der Waals surface area contributed by atoms with Crippen LogP contribution in [0.1, 0.15) is 48.6 Å². The van der Waals surface area contributed by atoms with Crippen molar-refractivity contribution >= 4 is 49.1 Å². The van der Waals surface area contributed by atoms with Gasteiger partial charge >= 0.3 is 21.1 Å². The number of aromatic nitrogens is 5. The second-order valence-corrected chi connectivity index (χ2v) is 14.8. The van der Waals surface area contributed by atoms with Crippen LogP contribution in [0.25, 0.3) is 54.9 Å². The molecule has 0 fully saturated rings. The molecule has 10 aromatic rings. The minimum atomic E-state index is -0.796. The van der Waals surface area contributed by atoms with Crippen molar-refractivity contribution in [2.24, 2.45) is 0 Å². The van der Waals surface area contributed by atoms with E-state index in [1.807, 2.05) is 6.20 Å². The first-order valence-electron chi connectivity index (χ1n) is 18.0. The molecule has 0 saturated heterocycles. The molecule has 0 aliphatic carbocycles. The summed E-state index contributed by atoms with van der Waals surface area (Å²) in [5, 5.41) is 14.4. The SMILES string of the molecule is CC(C)(C)c1ccnc(-n2c3[c-]c(C(c4[c-]c5c(cc4)c4ccccc4n4cnnc54)(c4ccccc4)c4ccccc4)ccc3c3ccccc32)c1.[Pt+2]. The van der Waals surface area contributed by atoms with Gasteiger partial charge in [0.05, 0.1) is 5.65 Å². The van der Waals surface area contributed by atoms with E-state index in [1.54, 1.807) is 6.33 Å². The molecule has 0 aliphatic rings. The van der Waals surface area contributed by atoms with E-state index >= 15 is 0 Å². The fourth-order valence-electron chi connectivity index (χ4n) is 8.27. The molecular weight excluding hydrogens is 842 g/mol. The van der Waals surface area contributed by atoms with Gasteiger partial charge in [-0.15, -0.1) is 39.8 Å². The fourth-order valence-corrected chi connectivity index (χ4v) is 8.27. The molecule has 5 nitrogen and oxygen atoms in total. The van der Waals surface area contributed by atoms with E-state index in [2.05, 4.69) is 198 Å². The van der Waals surface area contributed by atoms with Gasteiger partial charge in [-0.25, -0.2) is 4.98 Å². The summed E-state index contributed by atoms with van der Waals surface area (Å²) in [5.41, 5.74) is 8.55. The van der Waals surface area contributed by atoms with Crippen molar-refractivity contribution in [2.75, 3.05) is 0 Å². The van der Waals surface area contributed by atoms with Crippen molar-refractivity contribution in [3.8, 4) is 5.82 Å². The molecule has 0 N–H and O–H groups in total. The van der Waals surface area contributed by atoms with Crippen LogP contribution in [0, 0.1) is 12.1 Å². The molecule has 0 saturated carbocycles. The molecule has 4 heterocycles. The van der Waals surface area contributed by atoms with Crippen molar-refractivity contribution in [1.29, 1.82) is 0 Å². The first-order valence-corrected chi connectivity index (χ1v) is 18.0. The molecule has 0 unspecified atom stereocenters. The molecule has 10 rings (SSSR count). The molecule has 0 bridgehead atoms. The van der Waals surface area contributed by atoms with E-state index in [0.717, 1.165) is 77.2 Å². The number of fused-ring (bicyclic) bond motifs is 9. The summed E-state index contributed by atoms with van der Waals surface area (Å²) in [7, 11) is 0. The van der Waals surface area contributed by atoms with Gasteiger partial charge in [-0.05, 0) is 57.1 Å². The van der Waals surface area contributed by atoms with E-state index < -0.39 is 5.41 Å². The minimum absolute atomic E-state index is 0. The second-order valence-electron chi connectivity index (χ2n) is 14.8. The Hall–Kier alpha value is -5.90. The number of rotatable bonds is 5. The van der Waals surface area contributed by atoms with E-state index in [1.165, 1.54) is 5.56 Å². The predicted molar refractivity (Wildman–Crippen MR) is 215 cm³/mol. The molecule has 6 aromatic carbocycles. The Morgan fingerprint density at radius 2 is 1.15 bits per heavy atom. The molecule has 6 heteroatoms. The van der Waals surface area contributed by atoms with Gasteiger partial charge in [0, 0.05) is 22.6 Å². The van der Waals surface area contributed by atoms with Gasteiger partial charge in [-0.3, -0.25) is 0 Å². The molecule has 0 aliphatic heterocycles. The predicted octanol–water partition coefficient (Wildman–Crippen LogP) is 10.8. The van der Waals surface area contributed by atoms with Crippen LogP contribution in [-0.2, 0) is 31.9 Å². The van der Waals surface area contributed by atoms with Gasteiger partial charge in [-0.1, -0.05) is 134 Å². The smallest absolute Gasteiger partial charge is 0.323 e. The zero-order valence-corrected chi connectivity index (χ0v) is 32.3. The van der Waals surface area contributed by atoms with Crippen LogP contribution >= 0.6 is 0 Å². The van der Waals surface area contributed by atoms with Crippen LogP contribution in [-0.4, -0.2) is 24.1 Å². The number of hydrogen-bond donors (Lipinski definition) is 0. The maximum absolute atomic E-state index is 4.97. The van der Waals surface area contributed by atoms with Gasteiger partial charge in [-0.2, -0.15) is 23.3 Å². The van der Waals surface area contributed by atoms with Crippen molar-refractivity contribution < 1.29 is 21.1 Å². The largest absolute Gasteiger partial charge is 2.00 e. The van der Waals surface area contributed by atoms with Crippen LogP contribution in [0.5, 0.6) is 0 Å². The van der Waals surface area contributed by atoms with E-state index in [4.69, 9.17) is 4.98 Å². The summed E-state index contributed by atoms with van der Waals surface area (Å²) in [6, 6.07) is 59.9. The van der Waals surface area contributed by atoms with Crippen LogP contribution in [0.15, 0.2) is 158 Å². The van der Waals surface area contributed by atoms with Crippen molar-refractivity contribution in [2.45, 2.75) is 31.6 Å². The third kappa shape index (κ3) is 5.06. The van der Waals surface area contributed by atoms with Crippen molar-refractivity contribution in [3.63, 3.8) is 0 Å². The third-order valence-electron chi connectivity index (χ3n) is 10.8. The Bertz CT molecular complexity index is 2950. The third-order valence-corrected chi connectivity index (χ3v) is 10.8. The Labute approximate surface area is 328 Å². The van der Waals surface area contributed by atoms with E-state index in [9.17, 15) is 0 Å². The van der Waals surface area contributed by atoms with Crippen LogP contribution < -0.4 is 0 Å². The molecule has 0 radical (unpaired) electrons.